The molecule has 106 valence electrons. The van der Waals surface area contributed by atoms with Crippen LogP contribution in [0.4, 0.5) is 5.69 Å². The Bertz CT molecular complexity index is 513. The molecule has 2 rings (SSSR count). The molecule has 1 saturated heterocycles. The van der Waals surface area contributed by atoms with E-state index in [1.807, 2.05) is 24.0 Å². The predicted molar refractivity (Wildman–Crippen MR) is 76.1 cm³/mol. The van der Waals surface area contributed by atoms with Crippen LogP contribution in [0.3, 0.4) is 0 Å². The summed E-state index contributed by atoms with van der Waals surface area (Å²) in [6.45, 7) is 3.35. The molecule has 1 aromatic rings. The number of nitrogens with one attached hydrogen (secondary N) is 1. The number of nitrogens with zero attached hydrogens (tertiary/aromatic N) is 2. The number of anilines is 1. The number of carbonyl (C=O) groups is 1. The Labute approximate surface area is 118 Å². The summed E-state index contributed by atoms with van der Waals surface area (Å²) >= 11 is 0. The molecule has 0 atom stereocenters. The fraction of sp³-hybridized carbons (Fsp3) is 0.467. The molecule has 1 heterocycles. The molecule has 5 heteroatoms. The highest BCUT2D eigenvalue weighted by Crippen LogP contribution is 2.23. The van der Waals surface area contributed by atoms with E-state index in [-0.39, 0.29) is 5.91 Å². The second-order valence-corrected chi connectivity index (χ2v) is 5.30. The van der Waals surface area contributed by atoms with E-state index in [9.17, 15) is 9.90 Å². The number of likely N-dealkylation sites (tertiary alicyclic amines) is 1. The highest BCUT2D eigenvalue weighted by atomic mass is 16.3. The van der Waals surface area contributed by atoms with Crippen LogP contribution < -0.4 is 5.32 Å². The van der Waals surface area contributed by atoms with E-state index in [2.05, 4.69) is 11.4 Å². The second kappa shape index (κ2) is 6.04. The van der Waals surface area contributed by atoms with Crippen molar-refractivity contribution in [2.24, 2.45) is 0 Å². The quantitative estimate of drug-likeness (QED) is 0.843. The normalized spacial score (nSPS) is 17.1. The first-order chi connectivity index (χ1) is 9.54. The van der Waals surface area contributed by atoms with Crippen LogP contribution in [0.15, 0.2) is 24.3 Å². The number of benzene rings is 1. The standard InChI is InChI=1S/C15H19N3O2/c1-2-15(20)10-18(11-15)9-14(19)17-13-5-3-12(4-6-13)7-8-16/h3-6,20H,2,7,9-11H2,1H3,(H,17,19). The van der Waals surface area contributed by atoms with E-state index in [1.54, 1.807) is 12.1 Å². The first-order valence-corrected chi connectivity index (χ1v) is 6.75. The number of β-amino-alcohol motifs (C(OH)–C–C–N with tert-alkyl or cyclic N) is 1. The largest absolute Gasteiger partial charge is 0.387 e. The third kappa shape index (κ3) is 3.56. The van der Waals surface area contributed by atoms with Crippen LogP contribution in [0.25, 0.3) is 0 Å². The fourth-order valence-electron chi connectivity index (χ4n) is 2.32. The molecule has 1 aliphatic rings. The van der Waals surface area contributed by atoms with Gasteiger partial charge in [-0.3, -0.25) is 9.69 Å². The number of rotatable bonds is 5. The van der Waals surface area contributed by atoms with Gasteiger partial charge < -0.3 is 10.4 Å². The van der Waals surface area contributed by atoms with Crippen LogP contribution in [0.5, 0.6) is 0 Å². The van der Waals surface area contributed by atoms with Gasteiger partial charge in [0.2, 0.25) is 5.91 Å². The highest BCUT2D eigenvalue weighted by Gasteiger charge is 2.39. The van der Waals surface area contributed by atoms with E-state index in [4.69, 9.17) is 5.26 Å². The number of nitriles is 1. The molecule has 0 bridgehead atoms. The molecule has 1 aromatic carbocycles. The minimum Gasteiger partial charge on any atom is -0.387 e. The topological polar surface area (TPSA) is 76.4 Å². The van der Waals surface area contributed by atoms with Crippen molar-refractivity contribution in [1.82, 2.24) is 4.90 Å². The van der Waals surface area contributed by atoms with E-state index in [0.717, 1.165) is 11.3 Å². The van der Waals surface area contributed by atoms with Gasteiger partial charge in [0.05, 0.1) is 24.6 Å². The number of aliphatic hydroxyl groups is 1. The number of hydrogen-bond acceptors (Lipinski definition) is 4. The van der Waals surface area contributed by atoms with Crippen molar-refractivity contribution in [2.75, 3.05) is 25.0 Å². The Morgan fingerprint density at radius 2 is 2.10 bits per heavy atom. The van der Waals surface area contributed by atoms with Gasteiger partial charge in [-0.15, -0.1) is 0 Å². The Morgan fingerprint density at radius 1 is 1.45 bits per heavy atom. The maximum Gasteiger partial charge on any atom is 0.238 e. The summed E-state index contributed by atoms with van der Waals surface area (Å²) in [7, 11) is 0. The average molecular weight is 273 g/mol. The molecule has 0 unspecified atom stereocenters. The summed E-state index contributed by atoms with van der Waals surface area (Å²) in [6.07, 6.45) is 1.09. The van der Waals surface area contributed by atoms with Crippen molar-refractivity contribution >= 4 is 11.6 Å². The minimum atomic E-state index is -0.612. The third-order valence-corrected chi connectivity index (χ3v) is 3.58. The van der Waals surface area contributed by atoms with Gasteiger partial charge in [0.25, 0.3) is 0 Å². The lowest BCUT2D eigenvalue weighted by Crippen LogP contribution is -2.62. The maximum atomic E-state index is 11.8. The highest BCUT2D eigenvalue weighted by molar-refractivity contribution is 5.92. The third-order valence-electron chi connectivity index (χ3n) is 3.58. The van der Waals surface area contributed by atoms with Crippen molar-refractivity contribution in [3.05, 3.63) is 29.8 Å². The van der Waals surface area contributed by atoms with Crippen LogP contribution in [0.2, 0.25) is 0 Å². The van der Waals surface area contributed by atoms with E-state index < -0.39 is 5.60 Å². The molecule has 0 radical (unpaired) electrons. The van der Waals surface area contributed by atoms with Gasteiger partial charge in [-0.25, -0.2) is 0 Å². The van der Waals surface area contributed by atoms with Gasteiger partial charge in [-0.1, -0.05) is 19.1 Å². The van der Waals surface area contributed by atoms with Gasteiger partial charge in [0, 0.05) is 18.8 Å². The van der Waals surface area contributed by atoms with Crippen LogP contribution >= 0.6 is 0 Å². The fourth-order valence-corrected chi connectivity index (χ4v) is 2.32. The Balaban J connectivity index is 1.79. The Kier molecular flexibility index (Phi) is 4.38. The molecule has 1 aliphatic heterocycles. The van der Waals surface area contributed by atoms with E-state index in [0.29, 0.717) is 32.5 Å². The molecule has 0 aromatic heterocycles. The van der Waals surface area contributed by atoms with Gasteiger partial charge in [0.15, 0.2) is 0 Å². The Hall–Kier alpha value is -1.90. The zero-order valence-corrected chi connectivity index (χ0v) is 11.6. The molecular formula is C15H19N3O2. The molecule has 0 spiro atoms. The van der Waals surface area contributed by atoms with Crippen LogP contribution in [0.1, 0.15) is 18.9 Å². The summed E-state index contributed by atoms with van der Waals surface area (Å²) in [5.74, 6) is -0.0869. The van der Waals surface area contributed by atoms with Crippen LogP contribution in [0, 0.1) is 11.3 Å². The zero-order valence-electron chi connectivity index (χ0n) is 11.6. The van der Waals surface area contributed by atoms with Crippen molar-refractivity contribution < 1.29 is 9.90 Å². The molecule has 2 N–H and O–H groups in total. The van der Waals surface area contributed by atoms with E-state index in [1.165, 1.54) is 0 Å². The lowest BCUT2D eigenvalue weighted by molar-refractivity contribution is -0.128. The molecule has 20 heavy (non-hydrogen) atoms. The zero-order chi connectivity index (χ0) is 14.6. The lowest BCUT2D eigenvalue weighted by atomic mass is 9.91. The van der Waals surface area contributed by atoms with Crippen LogP contribution in [-0.4, -0.2) is 41.1 Å². The first kappa shape index (κ1) is 14.5. The monoisotopic (exact) mass is 273 g/mol. The number of hydrogen-bond donors (Lipinski definition) is 2. The van der Waals surface area contributed by atoms with E-state index >= 15 is 0 Å². The van der Waals surface area contributed by atoms with Crippen molar-refractivity contribution in [3.8, 4) is 6.07 Å². The van der Waals surface area contributed by atoms with Crippen molar-refractivity contribution in [2.45, 2.75) is 25.4 Å². The summed E-state index contributed by atoms with van der Waals surface area (Å²) < 4.78 is 0. The van der Waals surface area contributed by atoms with Gasteiger partial charge >= 0.3 is 0 Å². The van der Waals surface area contributed by atoms with Crippen molar-refractivity contribution in [3.63, 3.8) is 0 Å². The summed E-state index contributed by atoms with van der Waals surface area (Å²) in [4.78, 5) is 13.8. The SMILES string of the molecule is CCC1(O)CN(CC(=O)Nc2ccc(CC#N)cc2)C1. The second-order valence-electron chi connectivity index (χ2n) is 5.30. The number of amides is 1. The maximum absolute atomic E-state index is 11.8. The summed E-state index contributed by atoms with van der Waals surface area (Å²) in [5, 5.41) is 21.3. The average Bonchev–Trinajstić information content (AvgIpc) is 2.39. The molecule has 5 nitrogen and oxygen atoms in total. The van der Waals surface area contributed by atoms with Gasteiger partial charge in [-0.05, 0) is 24.1 Å². The first-order valence-electron chi connectivity index (χ1n) is 6.75. The molecule has 0 saturated carbocycles. The van der Waals surface area contributed by atoms with Gasteiger partial charge in [-0.2, -0.15) is 5.26 Å². The van der Waals surface area contributed by atoms with Crippen molar-refractivity contribution in [1.29, 1.82) is 5.26 Å². The summed E-state index contributed by atoms with van der Waals surface area (Å²) in [6, 6.07) is 9.33. The summed E-state index contributed by atoms with van der Waals surface area (Å²) in [5.41, 5.74) is 1.04. The van der Waals surface area contributed by atoms with Gasteiger partial charge in [0.1, 0.15) is 0 Å². The minimum absolute atomic E-state index is 0.0869. The Morgan fingerprint density at radius 3 is 2.65 bits per heavy atom. The number of carbonyl (C=O) groups excluding carboxylic acids is 1. The molecule has 0 aliphatic carbocycles. The smallest absolute Gasteiger partial charge is 0.238 e. The van der Waals surface area contributed by atoms with Crippen LogP contribution in [-0.2, 0) is 11.2 Å². The molecule has 1 fully saturated rings. The molecule has 1 amide bonds. The molecular weight excluding hydrogens is 254 g/mol. The predicted octanol–water partition coefficient (Wildman–Crippen LogP) is 1.15. The lowest BCUT2D eigenvalue weighted by Gasteiger charge is -2.45.